The van der Waals surface area contributed by atoms with Crippen molar-refractivity contribution in [2.24, 2.45) is 17.3 Å². The molecule has 7 nitrogen and oxygen atoms in total. The van der Waals surface area contributed by atoms with E-state index in [4.69, 9.17) is 0 Å². The predicted molar refractivity (Wildman–Crippen MR) is 133 cm³/mol. The number of carbonyl (C=O) groups is 1. The molecule has 2 heterocycles. The van der Waals surface area contributed by atoms with Gasteiger partial charge in [-0.1, -0.05) is 13.0 Å². The SMILES string of the molecule is CC(C1CCC2(C)C3Cc4ccc(O)cc4C12CCN3CC1CC1)N(C)C(=O)c1c[nH]c(=O)cn1. The first kappa shape index (κ1) is 22.8. The maximum absolute atomic E-state index is 13.3. The van der Waals surface area contributed by atoms with Crippen LogP contribution in [0, 0.1) is 17.3 Å². The van der Waals surface area contributed by atoms with E-state index in [1.54, 1.807) is 0 Å². The zero-order valence-corrected chi connectivity index (χ0v) is 21.0. The van der Waals surface area contributed by atoms with Crippen LogP contribution in [-0.4, -0.2) is 63.0 Å². The molecule has 5 atom stereocenters. The summed E-state index contributed by atoms with van der Waals surface area (Å²) in [6.07, 6.45) is 9.57. The summed E-state index contributed by atoms with van der Waals surface area (Å²) in [6.45, 7) is 6.94. The Kier molecular flexibility index (Phi) is 5.15. The van der Waals surface area contributed by atoms with E-state index in [0.29, 0.717) is 11.8 Å². The molecular weight excluding hydrogens is 440 g/mol. The normalized spacial score (nSPS) is 32.5. The van der Waals surface area contributed by atoms with Gasteiger partial charge in [-0.3, -0.25) is 14.5 Å². The van der Waals surface area contributed by atoms with Gasteiger partial charge in [-0.05, 0) is 92.5 Å². The van der Waals surface area contributed by atoms with Gasteiger partial charge in [0, 0.05) is 37.3 Å². The van der Waals surface area contributed by atoms with Crippen molar-refractivity contribution in [1.82, 2.24) is 19.8 Å². The van der Waals surface area contributed by atoms with Crippen LogP contribution in [0.2, 0.25) is 0 Å². The van der Waals surface area contributed by atoms with Crippen LogP contribution in [0.1, 0.15) is 67.6 Å². The maximum atomic E-state index is 13.3. The van der Waals surface area contributed by atoms with Crippen LogP contribution in [0.3, 0.4) is 0 Å². The van der Waals surface area contributed by atoms with Crippen molar-refractivity contribution >= 4 is 5.91 Å². The van der Waals surface area contributed by atoms with Crippen LogP contribution < -0.4 is 5.56 Å². The molecule has 2 aromatic rings. The van der Waals surface area contributed by atoms with E-state index in [-0.39, 0.29) is 40.0 Å². The summed E-state index contributed by atoms with van der Waals surface area (Å²) in [4.78, 5) is 36.0. The number of hydrogen-bond donors (Lipinski definition) is 2. The number of aromatic nitrogens is 2. The molecule has 4 aliphatic rings. The number of aromatic amines is 1. The summed E-state index contributed by atoms with van der Waals surface area (Å²) >= 11 is 0. The standard InChI is InChI=1S/C28H36N4O3/c1-17(31(3)26(35)23-14-30-25(34)15-29-23)21-8-9-27(2)24-12-19-6-7-20(33)13-22(19)28(21,27)10-11-32(24)16-18-4-5-18/h6-7,13-15,17-18,21,24,33H,4-5,8-12,16H2,1-3H3,(H,30,34). The molecule has 1 saturated heterocycles. The van der Waals surface area contributed by atoms with Crippen molar-refractivity contribution in [2.45, 2.75) is 69.9 Å². The van der Waals surface area contributed by atoms with Gasteiger partial charge in [0.05, 0.1) is 6.20 Å². The fraction of sp³-hybridized carbons (Fsp3) is 0.607. The number of rotatable bonds is 5. The highest BCUT2D eigenvalue weighted by molar-refractivity contribution is 5.92. The number of nitrogens with one attached hydrogen (secondary N) is 1. The molecule has 1 aromatic carbocycles. The number of aromatic hydroxyl groups is 1. The second-order valence-corrected chi connectivity index (χ2v) is 11.7. The van der Waals surface area contributed by atoms with E-state index in [1.165, 1.54) is 36.7 Å². The fourth-order valence-corrected chi connectivity index (χ4v) is 8.12. The molecule has 1 aromatic heterocycles. The number of amides is 1. The minimum atomic E-state index is -0.315. The van der Waals surface area contributed by atoms with Crippen molar-refractivity contribution in [3.05, 3.63) is 57.8 Å². The Hall–Kier alpha value is -2.67. The van der Waals surface area contributed by atoms with Gasteiger partial charge in [0.25, 0.3) is 11.5 Å². The Morgan fingerprint density at radius 2 is 2.11 bits per heavy atom. The number of phenols is 1. The average Bonchev–Trinajstić information content (AvgIpc) is 3.60. The fourth-order valence-electron chi connectivity index (χ4n) is 8.12. The lowest BCUT2D eigenvalue weighted by atomic mass is 9.48. The van der Waals surface area contributed by atoms with Gasteiger partial charge in [-0.15, -0.1) is 0 Å². The summed E-state index contributed by atoms with van der Waals surface area (Å²) in [5.41, 5.74) is 2.62. The molecule has 2 bridgehead atoms. The number of benzene rings is 1. The van der Waals surface area contributed by atoms with Gasteiger partial charge in [0.1, 0.15) is 11.4 Å². The van der Waals surface area contributed by atoms with Gasteiger partial charge >= 0.3 is 0 Å². The Morgan fingerprint density at radius 3 is 2.83 bits per heavy atom. The van der Waals surface area contributed by atoms with Crippen molar-refractivity contribution < 1.29 is 9.90 Å². The van der Waals surface area contributed by atoms with Crippen LogP contribution in [-0.2, 0) is 11.8 Å². The lowest BCUT2D eigenvalue weighted by Crippen LogP contribution is -2.67. The minimum Gasteiger partial charge on any atom is -0.508 e. The summed E-state index contributed by atoms with van der Waals surface area (Å²) in [7, 11) is 1.86. The molecular formula is C28H36N4O3. The van der Waals surface area contributed by atoms with Crippen LogP contribution in [0.5, 0.6) is 5.75 Å². The van der Waals surface area contributed by atoms with Gasteiger partial charge in [-0.2, -0.15) is 0 Å². The summed E-state index contributed by atoms with van der Waals surface area (Å²) in [5, 5.41) is 10.5. The number of phenolic OH excluding ortho intramolecular Hbond substituents is 1. The number of likely N-dealkylation sites (tertiary alicyclic amines) is 1. The van der Waals surface area contributed by atoms with Crippen molar-refractivity contribution in [3.8, 4) is 5.75 Å². The Morgan fingerprint density at radius 1 is 1.31 bits per heavy atom. The third kappa shape index (κ3) is 3.30. The smallest absolute Gasteiger partial charge is 0.273 e. The van der Waals surface area contributed by atoms with Crippen molar-refractivity contribution in [2.75, 3.05) is 20.1 Å². The van der Waals surface area contributed by atoms with E-state index < -0.39 is 0 Å². The first-order chi connectivity index (χ1) is 16.7. The highest BCUT2D eigenvalue weighted by Gasteiger charge is 2.67. The van der Waals surface area contributed by atoms with E-state index in [1.807, 2.05) is 24.1 Å². The Bertz CT molecular complexity index is 1200. The van der Waals surface area contributed by atoms with E-state index >= 15 is 0 Å². The van der Waals surface area contributed by atoms with Crippen LogP contribution in [0.4, 0.5) is 0 Å². The van der Waals surface area contributed by atoms with E-state index in [0.717, 1.165) is 44.3 Å². The molecule has 186 valence electrons. The average molecular weight is 477 g/mol. The molecule has 3 fully saturated rings. The summed E-state index contributed by atoms with van der Waals surface area (Å²) < 4.78 is 0. The molecule has 1 aliphatic heterocycles. The van der Waals surface area contributed by atoms with E-state index in [2.05, 4.69) is 34.8 Å². The molecule has 5 unspecified atom stereocenters. The topological polar surface area (TPSA) is 89.5 Å². The molecule has 0 radical (unpaired) electrons. The predicted octanol–water partition coefficient (Wildman–Crippen LogP) is 3.33. The monoisotopic (exact) mass is 476 g/mol. The van der Waals surface area contributed by atoms with Gasteiger partial charge < -0.3 is 15.0 Å². The number of fused-ring (bicyclic) bond motifs is 1. The number of nitrogens with zero attached hydrogens (tertiary/aromatic N) is 3. The second-order valence-electron chi connectivity index (χ2n) is 11.7. The minimum absolute atomic E-state index is 0.0121. The summed E-state index contributed by atoms with van der Waals surface area (Å²) in [5.74, 6) is 1.29. The molecule has 0 spiro atoms. The molecule has 1 amide bonds. The molecule has 35 heavy (non-hydrogen) atoms. The lowest BCUT2D eigenvalue weighted by molar-refractivity contribution is -0.0627. The van der Waals surface area contributed by atoms with Crippen molar-refractivity contribution in [3.63, 3.8) is 0 Å². The van der Waals surface area contributed by atoms with Gasteiger partial charge in [-0.25, -0.2) is 4.98 Å². The molecule has 6 rings (SSSR count). The zero-order valence-electron chi connectivity index (χ0n) is 21.0. The number of carbonyl (C=O) groups excluding carboxylic acids is 1. The third-order valence-electron chi connectivity index (χ3n) is 10.2. The lowest BCUT2D eigenvalue weighted by Gasteiger charge is -2.63. The third-order valence-corrected chi connectivity index (χ3v) is 10.2. The second kappa shape index (κ2) is 7.92. The highest BCUT2D eigenvalue weighted by Crippen LogP contribution is 2.68. The summed E-state index contributed by atoms with van der Waals surface area (Å²) in [6, 6.07) is 6.48. The molecule has 2 N–H and O–H groups in total. The Labute approximate surface area is 206 Å². The first-order valence-electron chi connectivity index (χ1n) is 13.1. The van der Waals surface area contributed by atoms with Gasteiger partial charge in [0.15, 0.2) is 0 Å². The highest BCUT2D eigenvalue weighted by atomic mass is 16.3. The van der Waals surface area contributed by atoms with E-state index in [9.17, 15) is 14.7 Å². The van der Waals surface area contributed by atoms with Crippen LogP contribution >= 0.6 is 0 Å². The Balaban J connectivity index is 1.40. The zero-order chi connectivity index (χ0) is 24.5. The quantitative estimate of drug-likeness (QED) is 0.691. The van der Waals surface area contributed by atoms with Gasteiger partial charge in [0.2, 0.25) is 0 Å². The number of H-pyrrole nitrogens is 1. The largest absolute Gasteiger partial charge is 0.508 e. The van der Waals surface area contributed by atoms with Crippen LogP contribution in [0.25, 0.3) is 0 Å². The number of piperidine rings is 1. The molecule has 3 aliphatic carbocycles. The number of hydrogen-bond acceptors (Lipinski definition) is 5. The van der Waals surface area contributed by atoms with Crippen molar-refractivity contribution in [1.29, 1.82) is 0 Å². The maximum Gasteiger partial charge on any atom is 0.273 e. The molecule has 2 saturated carbocycles. The molecule has 7 heteroatoms. The first-order valence-corrected chi connectivity index (χ1v) is 13.1. The van der Waals surface area contributed by atoms with Crippen LogP contribution in [0.15, 0.2) is 35.4 Å².